The summed E-state index contributed by atoms with van der Waals surface area (Å²) in [5, 5.41) is 0.963. The molecule has 2 fully saturated rings. The molecule has 1 amide bonds. The van der Waals surface area contributed by atoms with Gasteiger partial charge in [0.15, 0.2) is 11.0 Å². The molecule has 5 aromatic rings. The van der Waals surface area contributed by atoms with Crippen LogP contribution in [0.2, 0.25) is 0 Å². The molecule has 2 aromatic carbocycles. The fourth-order valence-electron chi connectivity index (χ4n) is 8.85. The smallest absolute Gasteiger partial charge is 0.410 e. The number of aryl methyl sites for hydroxylation is 1. The van der Waals surface area contributed by atoms with Crippen LogP contribution in [-0.2, 0) is 17.8 Å². The molecule has 5 atom stereocenters. The quantitative estimate of drug-likeness (QED) is 0.0801. The fraction of sp³-hybridized carbons (Fsp3) is 0.432. The van der Waals surface area contributed by atoms with Crippen LogP contribution >= 0.6 is 34.4 Å². The van der Waals surface area contributed by atoms with Gasteiger partial charge in [-0.1, -0.05) is 36.0 Å². The number of benzene rings is 2. The largest absolute Gasteiger partial charge is 0.497 e. The SMILES string of the molecule is COc1ccc(CN(Cc2ccc(OC)cc2)c2cc(C)c(I)c(-c3nc4c5c(nc(SC)nc5c3F)C3C[C@H]5CC[C@@H]([C@H]3[C@H](C)O4)N5C(=O)OC(C)(C)C)n2)cc1. The second-order valence-electron chi connectivity index (χ2n) is 16.3. The molecule has 304 valence electrons. The molecule has 0 N–H and O–H groups in total. The number of thioether (sulfide) groups is 1. The molecule has 8 rings (SSSR count). The van der Waals surface area contributed by atoms with Crippen molar-refractivity contribution in [2.75, 3.05) is 25.4 Å². The summed E-state index contributed by atoms with van der Waals surface area (Å²) in [5.41, 5.74) is 3.78. The van der Waals surface area contributed by atoms with Gasteiger partial charge in [0.1, 0.15) is 45.9 Å². The molecule has 3 aliphatic heterocycles. The van der Waals surface area contributed by atoms with Gasteiger partial charge >= 0.3 is 6.09 Å². The zero-order chi connectivity index (χ0) is 41.0. The van der Waals surface area contributed by atoms with Crippen molar-refractivity contribution < 1.29 is 28.1 Å². The average Bonchev–Trinajstić information content (AvgIpc) is 3.45. The molecule has 3 aliphatic rings. The van der Waals surface area contributed by atoms with Crippen LogP contribution in [0.15, 0.2) is 59.8 Å². The van der Waals surface area contributed by atoms with Crippen molar-refractivity contribution in [3.05, 3.63) is 86.4 Å². The number of ether oxygens (including phenoxy) is 4. The number of anilines is 1. The van der Waals surface area contributed by atoms with E-state index in [9.17, 15) is 4.79 Å². The number of hydrogen-bond donors (Lipinski definition) is 0. The number of rotatable bonds is 9. The van der Waals surface area contributed by atoms with E-state index in [1.807, 2.05) is 100 Å². The molecule has 6 heterocycles. The maximum Gasteiger partial charge on any atom is 0.410 e. The number of hydrogen-bond acceptors (Lipinski definition) is 11. The maximum atomic E-state index is 17.4. The van der Waals surface area contributed by atoms with Crippen LogP contribution in [0.3, 0.4) is 0 Å². The van der Waals surface area contributed by atoms with Gasteiger partial charge < -0.3 is 28.7 Å². The van der Waals surface area contributed by atoms with Crippen molar-refractivity contribution in [1.82, 2.24) is 24.8 Å². The monoisotopic (exact) mass is 918 g/mol. The molecule has 11 nitrogen and oxygen atoms in total. The Labute approximate surface area is 356 Å². The normalized spacial score (nSPS) is 20.9. The van der Waals surface area contributed by atoms with Crippen LogP contribution in [0.25, 0.3) is 22.3 Å². The Morgan fingerprint density at radius 3 is 2.19 bits per heavy atom. The van der Waals surface area contributed by atoms with Gasteiger partial charge in [-0.2, -0.15) is 0 Å². The van der Waals surface area contributed by atoms with Crippen LogP contribution in [0.4, 0.5) is 15.0 Å². The number of piperidine rings is 1. The lowest BCUT2D eigenvalue weighted by molar-refractivity contribution is -0.0213. The topological polar surface area (TPSA) is 112 Å². The van der Waals surface area contributed by atoms with Crippen molar-refractivity contribution >= 4 is 57.2 Å². The van der Waals surface area contributed by atoms with Gasteiger partial charge in [0, 0.05) is 40.6 Å². The second-order valence-corrected chi connectivity index (χ2v) is 18.2. The average molecular weight is 919 g/mol. The molecule has 58 heavy (non-hydrogen) atoms. The number of methoxy groups -OCH3 is 2. The molecule has 0 saturated carbocycles. The molecule has 2 bridgehead atoms. The van der Waals surface area contributed by atoms with Gasteiger partial charge in [-0.15, -0.1) is 0 Å². The van der Waals surface area contributed by atoms with Gasteiger partial charge in [0.25, 0.3) is 0 Å². The van der Waals surface area contributed by atoms with E-state index in [2.05, 4.69) is 27.5 Å². The summed E-state index contributed by atoms with van der Waals surface area (Å²) in [6.45, 7) is 10.8. The van der Waals surface area contributed by atoms with Crippen LogP contribution < -0.4 is 19.1 Å². The number of pyridine rings is 2. The van der Waals surface area contributed by atoms with E-state index in [1.54, 1.807) is 14.2 Å². The number of nitrogens with zero attached hydrogens (tertiary/aromatic N) is 6. The number of carbonyl (C=O) groups excluding carboxylic acids is 1. The first kappa shape index (κ1) is 40.3. The predicted octanol–water partition coefficient (Wildman–Crippen LogP) is 9.74. The van der Waals surface area contributed by atoms with E-state index >= 15 is 4.39 Å². The Hall–Kier alpha value is -4.44. The van der Waals surface area contributed by atoms with Crippen molar-refractivity contribution in [3.8, 4) is 28.8 Å². The van der Waals surface area contributed by atoms with Crippen LogP contribution in [0.5, 0.6) is 17.4 Å². The Balaban J connectivity index is 1.23. The van der Waals surface area contributed by atoms with Crippen molar-refractivity contribution in [3.63, 3.8) is 0 Å². The lowest BCUT2D eigenvalue weighted by atomic mass is 9.75. The lowest BCUT2D eigenvalue weighted by Gasteiger charge is -2.45. The van der Waals surface area contributed by atoms with Gasteiger partial charge in [-0.25, -0.2) is 29.1 Å². The third-order valence-corrected chi connectivity index (χ3v) is 13.4. The summed E-state index contributed by atoms with van der Waals surface area (Å²) in [5.74, 6) is 1.71. The molecule has 14 heteroatoms. The minimum Gasteiger partial charge on any atom is -0.497 e. The number of carbonyl (C=O) groups is 1. The molecule has 2 saturated heterocycles. The predicted molar refractivity (Wildman–Crippen MR) is 231 cm³/mol. The standard InChI is InChI=1S/C44H48FIN6O5S/c1-23-19-32(51(21-25-9-14-28(54-6)15-10-25)22-26-11-16-29(55-7)17-12-26)47-40(36(23)46)39-35(45)38-34-37(49-42(50-38)58-8)30-20-27-13-18-31(33(30)24(2)56-41(34)48-39)52(27)43(53)57-44(3,4)5/h9-12,14-17,19,24,27,30-31,33H,13,18,20-22H2,1-8H3/t24-,27+,30?,31-,33-/m0/s1. The molecule has 3 aromatic heterocycles. The minimum atomic E-state index is -0.622. The summed E-state index contributed by atoms with van der Waals surface area (Å²) in [6.07, 6.45) is 3.57. The number of aromatic nitrogens is 4. The third-order valence-electron chi connectivity index (χ3n) is 11.5. The van der Waals surface area contributed by atoms with Crippen molar-refractivity contribution in [2.45, 2.75) is 102 Å². The Morgan fingerprint density at radius 2 is 1.60 bits per heavy atom. The van der Waals surface area contributed by atoms with Gasteiger partial charge in [0.2, 0.25) is 5.88 Å². The molecular weight excluding hydrogens is 870 g/mol. The maximum absolute atomic E-state index is 17.4. The Kier molecular flexibility index (Phi) is 11.1. The lowest BCUT2D eigenvalue weighted by Crippen LogP contribution is -2.55. The highest BCUT2D eigenvalue weighted by atomic mass is 127. The van der Waals surface area contributed by atoms with Crippen molar-refractivity contribution in [1.29, 1.82) is 0 Å². The van der Waals surface area contributed by atoms with Gasteiger partial charge in [-0.3, -0.25) is 0 Å². The summed E-state index contributed by atoms with van der Waals surface area (Å²) in [7, 11) is 3.30. The minimum absolute atomic E-state index is 0.0232. The zero-order valence-electron chi connectivity index (χ0n) is 34.0. The summed E-state index contributed by atoms with van der Waals surface area (Å²) >= 11 is 3.61. The van der Waals surface area contributed by atoms with Crippen LogP contribution in [-0.4, -0.2) is 75.2 Å². The molecular formula is C44H48FIN6O5S. The summed E-state index contributed by atoms with van der Waals surface area (Å²) in [6, 6.07) is 17.8. The zero-order valence-corrected chi connectivity index (χ0v) is 37.0. The van der Waals surface area contributed by atoms with E-state index < -0.39 is 11.4 Å². The first-order valence-corrected chi connectivity index (χ1v) is 21.9. The van der Waals surface area contributed by atoms with E-state index in [0.717, 1.165) is 50.3 Å². The van der Waals surface area contributed by atoms with Crippen LogP contribution in [0, 0.1) is 22.2 Å². The van der Waals surface area contributed by atoms with E-state index in [0.29, 0.717) is 41.6 Å². The van der Waals surface area contributed by atoms with Gasteiger partial charge in [-0.05, 0) is 130 Å². The first-order chi connectivity index (χ1) is 27.8. The Bertz CT molecular complexity index is 2310. The highest BCUT2D eigenvalue weighted by Gasteiger charge is 2.55. The summed E-state index contributed by atoms with van der Waals surface area (Å²) in [4.78, 5) is 37.8. The molecule has 0 aliphatic carbocycles. The van der Waals surface area contributed by atoms with E-state index in [-0.39, 0.29) is 53.2 Å². The first-order valence-electron chi connectivity index (χ1n) is 19.6. The highest BCUT2D eigenvalue weighted by Crippen LogP contribution is 2.53. The highest BCUT2D eigenvalue weighted by molar-refractivity contribution is 14.1. The molecule has 0 radical (unpaired) electrons. The third kappa shape index (κ3) is 7.62. The molecule has 1 unspecified atom stereocenters. The summed E-state index contributed by atoms with van der Waals surface area (Å²) < 4.78 is 41.8. The second kappa shape index (κ2) is 16.0. The van der Waals surface area contributed by atoms with E-state index in [4.69, 9.17) is 38.9 Å². The molecule has 0 spiro atoms. The van der Waals surface area contributed by atoms with Gasteiger partial charge in [0.05, 0.1) is 25.3 Å². The van der Waals surface area contributed by atoms with Crippen molar-refractivity contribution in [2.24, 2.45) is 5.92 Å². The number of amides is 1. The fourth-order valence-corrected chi connectivity index (χ4v) is 9.76. The van der Waals surface area contributed by atoms with Crippen LogP contribution in [0.1, 0.15) is 75.3 Å². The number of fused-ring (bicyclic) bond motifs is 5. The number of halogens is 2. The Morgan fingerprint density at radius 1 is 0.966 bits per heavy atom. The van der Waals surface area contributed by atoms with E-state index in [1.165, 1.54) is 11.8 Å².